The van der Waals surface area contributed by atoms with Gasteiger partial charge in [-0.15, -0.1) is 0 Å². The molecule has 0 bridgehead atoms. The van der Waals surface area contributed by atoms with E-state index in [0.717, 1.165) is 12.8 Å². The Kier molecular flexibility index (Phi) is 7.55. The van der Waals surface area contributed by atoms with E-state index in [0.29, 0.717) is 59.1 Å². The number of carbonyl (C=O) groups is 2. The smallest absolute Gasteiger partial charge is 0.255 e. The second-order valence-corrected chi connectivity index (χ2v) is 10.1. The SMILES string of the molecule is COCC(=O)N[C@@H]1CC[C@H](NC(=O)c2c(C)[nH]c3c(-c4cc(F)ccc4OCC4CC4)ncnc23)[C@H](F)C1. The molecule has 2 aliphatic rings. The Bertz CT molecular complexity index is 1340. The number of H-pyrrole nitrogens is 1. The van der Waals surface area contributed by atoms with E-state index >= 15 is 0 Å². The molecule has 202 valence electrons. The summed E-state index contributed by atoms with van der Waals surface area (Å²) in [5.74, 6) is -0.174. The van der Waals surface area contributed by atoms with Gasteiger partial charge in [-0.05, 0) is 56.7 Å². The fourth-order valence-corrected chi connectivity index (χ4v) is 4.96. The number of alkyl halides is 1. The lowest BCUT2D eigenvalue weighted by molar-refractivity contribution is -0.125. The van der Waals surface area contributed by atoms with Crippen LogP contribution in [0.5, 0.6) is 5.75 Å². The van der Waals surface area contributed by atoms with Crippen molar-refractivity contribution < 1.29 is 27.8 Å². The number of aromatic nitrogens is 3. The molecule has 0 unspecified atom stereocenters. The Balaban J connectivity index is 1.36. The van der Waals surface area contributed by atoms with Crippen molar-refractivity contribution in [2.75, 3.05) is 20.3 Å². The van der Waals surface area contributed by atoms with Crippen LogP contribution in [-0.4, -0.2) is 65.3 Å². The summed E-state index contributed by atoms with van der Waals surface area (Å²) >= 11 is 0. The van der Waals surface area contributed by atoms with E-state index < -0.39 is 23.9 Å². The Morgan fingerprint density at radius 3 is 2.71 bits per heavy atom. The number of benzene rings is 1. The van der Waals surface area contributed by atoms with Gasteiger partial charge in [-0.25, -0.2) is 18.7 Å². The number of aromatic amines is 1. The van der Waals surface area contributed by atoms with Gasteiger partial charge in [-0.3, -0.25) is 9.59 Å². The van der Waals surface area contributed by atoms with Crippen molar-refractivity contribution in [2.24, 2.45) is 5.92 Å². The molecule has 2 aliphatic carbocycles. The summed E-state index contributed by atoms with van der Waals surface area (Å²) in [6.45, 7) is 2.19. The van der Waals surface area contributed by atoms with Gasteiger partial charge in [-0.2, -0.15) is 0 Å². The van der Waals surface area contributed by atoms with Crippen molar-refractivity contribution in [3.05, 3.63) is 41.6 Å². The normalized spacial score (nSPS) is 21.3. The van der Waals surface area contributed by atoms with Gasteiger partial charge in [0.15, 0.2) is 0 Å². The van der Waals surface area contributed by atoms with Crippen molar-refractivity contribution in [1.82, 2.24) is 25.6 Å². The highest BCUT2D eigenvalue weighted by molar-refractivity contribution is 6.09. The minimum atomic E-state index is -1.32. The van der Waals surface area contributed by atoms with Crippen LogP contribution >= 0.6 is 0 Å². The van der Waals surface area contributed by atoms with Gasteiger partial charge in [0.1, 0.15) is 41.9 Å². The van der Waals surface area contributed by atoms with Crippen LogP contribution in [0.4, 0.5) is 8.78 Å². The number of rotatable bonds is 9. The lowest BCUT2D eigenvalue weighted by atomic mass is 9.89. The molecule has 38 heavy (non-hydrogen) atoms. The second kappa shape index (κ2) is 11.0. The first-order valence-electron chi connectivity index (χ1n) is 12.8. The number of nitrogens with zero attached hydrogens (tertiary/aromatic N) is 2. The molecule has 0 saturated heterocycles. The van der Waals surface area contributed by atoms with Gasteiger partial charge in [0.05, 0.1) is 23.7 Å². The van der Waals surface area contributed by atoms with E-state index in [4.69, 9.17) is 9.47 Å². The maximum Gasteiger partial charge on any atom is 0.255 e. The molecule has 0 spiro atoms. The molecular weight excluding hydrogens is 496 g/mol. The maximum atomic E-state index is 15.0. The number of fused-ring (bicyclic) bond motifs is 1. The number of methoxy groups -OCH3 is 1. The molecule has 3 N–H and O–H groups in total. The average molecular weight is 528 g/mol. The average Bonchev–Trinajstić information content (AvgIpc) is 3.64. The van der Waals surface area contributed by atoms with Crippen molar-refractivity contribution in [1.29, 1.82) is 0 Å². The number of nitrogens with one attached hydrogen (secondary N) is 3. The van der Waals surface area contributed by atoms with E-state index in [2.05, 4.69) is 25.6 Å². The summed E-state index contributed by atoms with van der Waals surface area (Å²) in [5.41, 5.74) is 2.52. The first kappa shape index (κ1) is 26.0. The fourth-order valence-electron chi connectivity index (χ4n) is 4.96. The van der Waals surface area contributed by atoms with Gasteiger partial charge in [0.2, 0.25) is 5.91 Å². The predicted molar refractivity (Wildman–Crippen MR) is 136 cm³/mol. The third kappa shape index (κ3) is 5.62. The largest absolute Gasteiger partial charge is 0.493 e. The summed E-state index contributed by atoms with van der Waals surface area (Å²) in [5, 5.41) is 5.56. The molecule has 2 heterocycles. The van der Waals surface area contributed by atoms with Crippen LogP contribution in [-0.2, 0) is 9.53 Å². The van der Waals surface area contributed by atoms with Crippen LogP contribution in [0.15, 0.2) is 24.5 Å². The molecule has 3 aromatic rings. The zero-order valence-corrected chi connectivity index (χ0v) is 21.4. The van der Waals surface area contributed by atoms with E-state index in [1.807, 2.05) is 0 Å². The van der Waals surface area contributed by atoms with E-state index in [-0.39, 0.29) is 30.5 Å². The fraction of sp³-hybridized carbons (Fsp3) is 0.481. The Hall–Kier alpha value is -3.60. The molecule has 2 fully saturated rings. The monoisotopic (exact) mass is 527 g/mol. The molecule has 9 nitrogen and oxygen atoms in total. The molecule has 11 heteroatoms. The topological polar surface area (TPSA) is 118 Å². The first-order valence-corrected chi connectivity index (χ1v) is 12.8. The van der Waals surface area contributed by atoms with Gasteiger partial charge in [-0.1, -0.05) is 0 Å². The minimum absolute atomic E-state index is 0.0823. The van der Waals surface area contributed by atoms with Crippen molar-refractivity contribution in [3.8, 4) is 17.0 Å². The number of hydrogen-bond acceptors (Lipinski definition) is 6. The summed E-state index contributed by atoms with van der Waals surface area (Å²) in [6, 6.07) is 3.27. The van der Waals surface area contributed by atoms with Gasteiger partial charge in [0, 0.05) is 30.8 Å². The number of halogens is 2. The van der Waals surface area contributed by atoms with Crippen molar-refractivity contribution in [3.63, 3.8) is 0 Å². The van der Waals surface area contributed by atoms with Gasteiger partial charge < -0.3 is 25.1 Å². The molecule has 1 aromatic carbocycles. The van der Waals surface area contributed by atoms with Crippen LogP contribution in [0.2, 0.25) is 0 Å². The third-order valence-corrected chi connectivity index (χ3v) is 7.10. The minimum Gasteiger partial charge on any atom is -0.493 e. The number of aryl methyl sites for hydroxylation is 1. The molecule has 3 atom stereocenters. The zero-order chi connectivity index (χ0) is 26.8. The van der Waals surface area contributed by atoms with Crippen LogP contribution in [0.3, 0.4) is 0 Å². The van der Waals surface area contributed by atoms with E-state index in [1.54, 1.807) is 13.0 Å². The lowest BCUT2D eigenvalue weighted by Crippen LogP contribution is -2.50. The first-order chi connectivity index (χ1) is 18.3. The Labute approximate surface area is 218 Å². The highest BCUT2D eigenvalue weighted by Gasteiger charge is 2.33. The molecule has 2 saturated carbocycles. The Morgan fingerprint density at radius 1 is 1.16 bits per heavy atom. The maximum absolute atomic E-state index is 15.0. The van der Waals surface area contributed by atoms with Crippen LogP contribution in [0.1, 0.15) is 48.2 Å². The van der Waals surface area contributed by atoms with Crippen LogP contribution in [0, 0.1) is 18.7 Å². The predicted octanol–water partition coefficient (Wildman–Crippen LogP) is 3.61. The summed E-state index contributed by atoms with van der Waals surface area (Å²) < 4.78 is 40.0. The van der Waals surface area contributed by atoms with Crippen LogP contribution < -0.4 is 15.4 Å². The van der Waals surface area contributed by atoms with Crippen molar-refractivity contribution in [2.45, 2.75) is 57.3 Å². The third-order valence-electron chi connectivity index (χ3n) is 7.10. The highest BCUT2D eigenvalue weighted by atomic mass is 19.1. The number of hydrogen-bond donors (Lipinski definition) is 3. The molecule has 0 radical (unpaired) electrons. The van der Waals surface area contributed by atoms with Crippen molar-refractivity contribution >= 4 is 22.8 Å². The number of amides is 2. The highest BCUT2D eigenvalue weighted by Crippen LogP contribution is 2.37. The molecule has 5 rings (SSSR count). The van der Waals surface area contributed by atoms with E-state index in [9.17, 15) is 18.4 Å². The summed E-state index contributed by atoms with van der Waals surface area (Å²) in [6.07, 6.45) is 3.24. The van der Waals surface area contributed by atoms with Gasteiger partial charge >= 0.3 is 0 Å². The molecular formula is C27H31F2N5O4. The molecule has 2 aromatic heterocycles. The number of carbonyl (C=O) groups excluding carboxylic acids is 2. The lowest BCUT2D eigenvalue weighted by Gasteiger charge is -2.32. The molecule has 2 amide bonds. The molecule has 0 aliphatic heterocycles. The summed E-state index contributed by atoms with van der Waals surface area (Å²) in [7, 11) is 1.42. The number of ether oxygens (including phenoxy) is 2. The Morgan fingerprint density at radius 2 is 1.97 bits per heavy atom. The quantitative estimate of drug-likeness (QED) is 0.391. The van der Waals surface area contributed by atoms with Gasteiger partial charge in [0.25, 0.3) is 5.91 Å². The standard InChI is InChI=1S/C27H31F2N5O4/c1-14-23(27(36)34-20-7-6-17(10-19(20)29)33-22(35)12-37-2)25-26(32-14)24(30-13-31-25)18-9-16(28)5-8-21(18)38-11-15-3-4-15/h5,8-9,13,15,17,19-20,32H,3-4,6-7,10-12H2,1-2H3,(H,33,35)(H,34,36)/t17-,19-,20+/m1/s1. The van der Waals surface area contributed by atoms with Crippen LogP contribution in [0.25, 0.3) is 22.3 Å². The van der Waals surface area contributed by atoms with E-state index in [1.165, 1.54) is 25.6 Å². The zero-order valence-electron chi connectivity index (χ0n) is 21.4. The summed E-state index contributed by atoms with van der Waals surface area (Å²) in [4.78, 5) is 37.0. The second-order valence-electron chi connectivity index (χ2n) is 10.1.